The van der Waals surface area contributed by atoms with Crippen molar-refractivity contribution in [2.45, 2.75) is 5.41 Å². The molecule has 58 heavy (non-hydrogen) atoms. The summed E-state index contributed by atoms with van der Waals surface area (Å²) in [7, 11) is 0. The van der Waals surface area contributed by atoms with Crippen LogP contribution in [0.5, 0.6) is 0 Å². The van der Waals surface area contributed by atoms with Crippen LogP contribution in [0.15, 0.2) is 223 Å². The smallest absolute Gasteiger partial charge is 0.140 e. The molecule has 1 nitrogen and oxygen atoms in total. The maximum atomic E-state index is 6.85. The molecule has 0 saturated heterocycles. The molecule has 1 aromatic heterocycles. The second-order valence-electron chi connectivity index (χ2n) is 15.5. The van der Waals surface area contributed by atoms with Crippen LogP contribution in [0.1, 0.15) is 22.3 Å². The molecule has 0 bridgehead atoms. The van der Waals surface area contributed by atoms with E-state index in [9.17, 15) is 0 Å². The Morgan fingerprint density at radius 1 is 0.328 bits per heavy atom. The van der Waals surface area contributed by atoms with Gasteiger partial charge in [0, 0.05) is 16.5 Å². The number of para-hydroxylation sites is 1. The van der Waals surface area contributed by atoms with Crippen molar-refractivity contribution in [1.82, 2.24) is 0 Å². The molecule has 0 saturated carbocycles. The van der Waals surface area contributed by atoms with Gasteiger partial charge in [0.15, 0.2) is 0 Å². The molecule has 270 valence electrons. The maximum Gasteiger partial charge on any atom is 0.140 e. The molecule has 1 aliphatic rings. The lowest BCUT2D eigenvalue weighted by Gasteiger charge is -2.33. The van der Waals surface area contributed by atoms with Crippen LogP contribution in [0.4, 0.5) is 0 Å². The third kappa shape index (κ3) is 4.71. The topological polar surface area (TPSA) is 13.1 Å². The second-order valence-corrected chi connectivity index (χ2v) is 15.5. The van der Waals surface area contributed by atoms with E-state index in [1.165, 1.54) is 88.0 Å². The van der Waals surface area contributed by atoms with Gasteiger partial charge in [0.25, 0.3) is 0 Å². The van der Waals surface area contributed by atoms with Crippen LogP contribution in [0.2, 0.25) is 0 Å². The van der Waals surface area contributed by atoms with Crippen LogP contribution in [0.25, 0.3) is 88.0 Å². The molecule has 11 aromatic rings. The van der Waals surface area contributed by atoms with Gasteiger partial charge in [0.2, 0.25) is 0 Å². The highest BCUT2D eigenvalue weighted by atomic mass is 16.3. The van der Waals surface area contributed by atoms with Crippen molar-refractivity contribution < 1.29 is 4.42 Å². The lowest BCUT2D eigenvalue weighted by atomic mass is 9.67. The van der Waals surface area contributed by atoms with Crippen molar-refractivity contribution in [1.29, 1.82) is 0 Å². The van der Waals surface area contributed by atoms with E-state index in [1.54, 1.807) is 0 Å². The summed E-state index contributed by atoms with van der Waals surface area (Å²) in [5.41, 5.74) is 13.7. The monoisotopic (exact) mass is 736 g/mol. The SMILES string of the molecule is c1ccc(C2(c3ccccc3)c3cc(-c4c5ccccc5c(-c5cccc(-c6ccc7ccccc7c6)c5)c5ccccc45)ccc3-c3oc4ccccc4c32)cc1. The molecule has 10 aromatic carbocycles. The Morgan fingerprint density at radius 2 is 0.828 bits per heavy atom. The minimum Gasteiger partial charge on any atom is -0.456 e. The first-order chi connectivity index (χ1) is 28.8. The molecule has 0 amide bonds. The van der Waals surface area contributed by atoms with E-state index in [2.05, 4.69) is 218 Å². The van der Waals surface area contributed by atoms with Crippen molar-refractivity contribution in [3.05, 3.63) is 241 Å². The molecule has 0 fully saturated rings. The molecule has 12 rings (SSSR count). The van der Waals surface area contributed by atoms with Crippen molar-refractivity contribution >= 4 is 43.3 Å². The number of furan rings is 1. The first-order valence-electron chi connectivity index (χ1n) is 20.1. The predicted molar refractivity (Wildman–Crippen MR) is 242 cm³/mol. The average molecular weight is 737 g/mol. The van der Waals surface area contributed by atoms with Gasteiger partial charge in [-0.25, -0.2) is 0 Å². The van der Waals surface area contributed by atoms with Gasteiger partial charge in [-0.2, -0.15) is 0 Å². The van der Waals surface area contributed by atoms with Gasteiger partial charge >= 0.3 is 0 Å². The Bertz CT molecular complexity index is 3290. The highest BCUT2D eigenvalue weighted by Gasteiger charge is 2.49. The standard InChI is InChI=1S/C57H36O/c1-3-20-43(21-4-1)57(44-22-5-2-6-23-44)51-36-42(32-33-49(51)56-55(57)50-28-13-14-29-52(50)58-56)54-47-26-11-9-24-45(47)53(46-25-10-12-27-48(46)54)41-19-15-18-39(35-41)40-31-30-37-16-7-8-17-38(37)34-40/h1-36H. The third-order valence-corrected chi connectivity index (χ3v) is 12.5. The molecular formula is C57H36O. The van der Waals surface area contributed by atoms with Crippen LogP contribution >= 0.6 is 0 Å². The predicted octanol–water partition coefficient (Wildman–Crippen LogP) is 15.3. The summed E-state index contributed by atoms with van der Waals surface area (Å²) in [6.45, 7) is 0. The van der Waals surface area contributed by atoms with Gasteiger partial charge in [0.05, 0.1) is 5.41 Å². The van der Waals surface area contributed by atoms with Crippen molar-refractivity contribution in [3.63, 3.8) is 0 Å². The van der Waals surface area contributed by atoms with Gasteiger partial charge in [-0.05, 0) is 107 Å². The normalized spacial score (nSPS) is 13.0. The van der Waals surface area contributed by atoms with E-state index in [0.29, 0.717) is 0 Å². The van der Waals surface area contributed by atoms with Gasteiger partial charge in [-0.1, -0.05) is 194 Å². The largest absolute Gasteiger partial charge is 0.456 e. The van der Waals surface area contributed by atoms with Crippen LogP contribution < -0.4 is 0 Å². The number of fused-ring (bicyclic) bond motifs is 8. The summed E-state index contributed by atoms with van der Waals surface area (Å²) >= 11 is 0. The fraction of sp³-hybridized carbons (Fsp3) is 0.0175. The van der Waals surface area contributed by atoms with E-state index >= 15 is 0 Å². The molecule has 0 aliphatic heterocycles. The fourth-order valence-corrected chi connectivity index (χ4v) is 10.1. The average Bonchev–Trinajstić information content (AvgIpc) is 3.82. The zero-order chi connectivity index (χ0) is 38.2. The van der Waals surface area contributed by atoms with Crippen LogP contribution in [-0.2, 0) is 5.41 Å². The second kappa shape index (κ2) is 12.8. The molecule has 0 radical (unpaired) electrons. The summed E-state index contributed by atoms with van der Waals surface area (Å²) in [6.07, 6.45) is 0. The first kappa shape index (κ1) is 32.7. The maximum absolute atomic E-state index is 6.85. The summed E-state index contributed by atoms with van der Waals surface area (Å²) in [5, 5.41) is 8.60. The van der Waals surface area contributed by atoms with Gasteiger partial charge in [0.1, 0.15) is 11.3 Å². The van der Waals surface area contributed by atoms with Crippen LogP contribution in [0.3, 0.4) is 0 Å². The van der Waals surface area contributed by atoms with E-state index in [4.69, 9.17) is 4.42 Å². The molecule has 0 spiro atoms. The Hall–Kier alpha value is -7.48. The Kier molecular flexibility index (Phi) is 7.21. The number of rotatable bonds is 5. The number of hydrogen-bond donors (Lipinski definition) is 0. The molecule has 1 heteroatoms. The molecule has 0 N–H and O–H groups in total. The fourth-order valence-electron chi connectivity index (χ4n) is 10.1. The van der Waals surface area contributed by atoms with Crippen LogP contribution in [0, 0.1) is 0 Å². The number of hydrogen-bond acceptors (Lipinski definition) is 1. The van der Waals surface area contributed by atoms with Crippen molar-refractivity contribution in [2.24, 2.45) is 0 Å². The minimum absolute atomic E-state index is 0.593. The van der Waals surface area contributed by atoms with Crippen LogP contribution in [-0.4, -0.2) is 0 Å². The first-order valence-corrected chi connectivity index (χ1v) is 20.1. The third-order valence-electron chi connectivity index (χ3n) is 12.5. The molecule has 0 unspecified atom stereocenters. The lowest BCUT2D eigenvalue weighted by molar-refractivity contribution is 0.628. The van der Waals surface area contributed by atoms with Gasteiger partial charge in [-0.15, -0.1) is 0 Å². The molecular weight excluding hydrogens is 701 g/mol. The van der Waals surface area contributed by atoms with E-state index in [-0.39, 0.29) is 0 Å². The minimum atomic E-state index is -0.593. The highest BCUT2D eigenvalue weighted by Crippen LogP contribution is 2.60. The van der Waals surface area contributed by atoms with Crippen molar-refractivity contribution in [2.75, 3.05) is 0 Å². The van der Waals surface area contributed by atoms with E-state index < -0.39 is 5.41 Å². The Balaban J connectivity index is 1.12. The van der Waals surface area contributed by atoms with Gasteiger partial charge in [-0.3, -0.25) is 0 Å². The molecule has 1 aliphatic carbocycles. The summed E-state index contributed by atoms with van der Waals surface area (Å²) in [5.74, 6) is 0.951. The van der Waals surface area contributed by atoms with Crippen molar-refractivity contribution in [3.8, 4) is 44.7 Å². The van der Waals surface area contributed by atoms with E-state index in [1.807, 2.05) is 0 Å². The zero-order valence-electron chi connectivity index (χ0n) is 31.7. The van der Waals surface area contributed by atoms with Gasteiger partial charge < -0.3 is 4.42 Å². The highest BCUT2D eigenvalue weighted by molar-refractivity contribution is 6.21. The molecule has 0 atom stereocenters. The Labute approximate surface area is 337 Å². The summed E-state index contributed by atoms with van der Waals surface area (Å²) < 4.78 is 6.85. The quantitative estimate of drug-likeness (QED) is 0.160. The Morgan fingerprint density at radius 3 is 1.48 bits per heavy atom. The molecule has 1 heterocycles. The summed E-state index contributed by atoms with van der Waals surface area (Å²) in [4.78, 5) is 0. The zero-order valence-corrected chi connectivity index (χ0v) is 31.7. The summed E-state index contributed by atoms with van der Waals surface area (Å²) in [6, 6.07) is 80.0. The van der Waals surface area contributed by atoms with E-state index in [0.717, 1.165) is 22.3 Å². The number of benzene rings is 10. The lowest BCUT2D eigenvalue weighted by Crippen LogP contribution is -2.28.